The number of halogens is 2. The number of hydrogen-bond acceptors (Lipinski definition) is 7. The summed E-state index contributed by atoms with van der Waals surface area (Å²) in [5.41, 5.74) is 9.26. The molecular formula is C25H27Cl2N3O5S2. The maximum atomic E-state index is 13.7. The summed E-state index contributed by atoms with van der Waals surface area (Å²) >= 11 is 7.25. The Morgan fingerprint density at radius 1 is 1.08 bits per heavy atom. The molecule has 1 aliphatic rings. The van der Waals surface area contributed by atoms with E-state index in [2.05, 4.69) is 0 Å². The Labute approximate surface area is 230 Å². The number of nitrogens with zero attached hydrogens (tertiary/aromatic N) is 1. The number of nitrogens with one attached hydrogen (secondary N) is 1. The van der Waals surface area contributed by atoms with Gasteiger partial charge in [-0.15, -0.1) is 23.7 Å². The summed E-state index contributed by atoms with van der Waals surface area (Å²) in [6, 6.07) is 18.6. The third-order valence-corrected chi connectivity index (χ3v) is 10.7. The van der Waals surface area contributed by atoms with Gasteiger partial charge < -0.3 is 10.6 Å². The number of amides is 2. The summed E-state index contributed by atoms with van der Waals surface area (Å²) in [5, 5.41) is 9.81. The van der Waals surface area contributed by atoms with Gasteiger partial charge in [0.25, 0.3) is 0 Å². The Kier molecular flexibility index (Phi) is 9.38. The SMILES string of the molecule is Cl.N[C@@H](C(=O)N1CCC(CC(=O)NO)(c2ccc(-c3ccc(Cl)cc3)s2)S(=O)(=O)CC1)c1ccccc1. The van der Waals surface area contributed by atoms with Crippen LogP contribution in [0.5, 0.6) is 0 Å². The molecule has 37 heavy (non-hydrogen) atoms. The topological polar surface area (TPSA) is 130 Å². The molecule has 1 fully saturated rings. The first-order chi connectivity index (χ1) is 17.2. The molecule has 12 heteroatoms. The number of benzene rings is 2. The number of carbonyl (C=O) groups excluding carboxylic acids is 2. The molecule has 0 spiro atoms. The summed E-state index contributed by atoms with van der Waals surface area (Å²) < 4.78 is 25.9. The van der Waals surface area contributed by atoms with Gasteiger partial charge in [0.1, 0.15) is 10.8 Å². The van der Waals surface area contributed by atoms with E-state index < -0.39 is 33.0 Å². The lowest BCUT2D eigenvalue weighted by molar-refractivity contribution is -0.132. The van der Waals surface area contributed by atoms with E-state index in [0.717, 1.165) is 10.4 Å². The summed E-state index contributed by atoms with van der Waals surface area (Å²) in [6.07, 6.45) is -0.490. The van der Waals surface area contributed by atoms with Crippen LogP contribution in [0.25, 0.3) is 10.4 Å². The first-order valence-electron chi connectivity index (χ1n) is 11.3. The number of hydroxylamine groups is 1. The largest absolute Gasteiger partial charge is 0.340 e. The van der Waals surface area contributed by atoms with E-state index in [1.807, 2.05) is 18.2 Å². The third-order valence-electron chi connectivity index (χ3n) is 6.50. The molecule has 2 aromatic carbocycles. The molecule has 2 atom stereocenters. The van der Waals surface area contributed by atoms with Crippen LogP contribution in [0.2, 0.25) is 5.02 Å². The molecule has 1 unspecified atom stereocenters. The zero-order valence-corrected chi connectivity index (χ0v) is 22.9. The number of rotatable bonds is 6. The van der Waals surface area contributed by atoms with E-state index in [1.165, 1.54) is 16.2 Å². The van der Waals surface area contributed by atoms with Gasteiger partial charge in [0.15, 0.2) is 9.84 Å². The lowest BCUT2D eigenvalue weighted by atomic mass is 9.97. The number of carbonyl (C=O) groups is 2. The van der Waals surface area contributed by atoms with Crippen molar-refractivity contribution >= 4 is 57.0 Å². The molecule has 3 aromatic rings. The lowest BCUT2D eigenvalue weighted by Gasteiger charge is -2.30. The van der Waals surface area contributed by atoms with Crippen LogP contribution in [0.4, 0.5) is 0 Å². The van der Waals surface area contributed by atoms with Crippen LogP contribution in [-0.4, -0.2) is 49.2 Å². The second-order valence-corrected chi connectivity index (χ2v) is 12.6. The molecule has 2 heterocycles. The smallest absolute Gasteiger partial charge is 0.245 e. The lowest BCUT2D eigenvalue weighted by Crippen LogP contribution is -2.41. The van der Waals surface area contributed by atoms with E-state index in [1.54, 1.807) is 54.0 Å². The first kappa shape index (κ1) is 29.1. The van der Waals surface area contributed by atoms with E-state index in [-0.39, 0.29) is 43.6 Å². The number of thiophene rings is 1. The zero-order valence-electron chi connectivity index (χ0n) is 19.7. The van der Waals surface area contributed by atoms with Crippen molar-refractivity contribution in [1.82, 2.24) is 10.4 Å². The van der Waals surface area contributed by atoms with Crippen LogP contribution in [-0.2, 0) is 24.2 Å². The average molecular weight is 585 g/mol. The summed E-state index contributed by atoms with van der Waals surface area (Å²) in [7, 11) is -3.93. The van der Waals surface area contributed by atoms with Gasteiger partial charge in [0, 0.05) is 27.9 Å². The molecule has 0 saturated carbocycles. The van der Waals surface area contributed by atoms with Crippen molar-refractivity contribution in [3.05, 3.63) is 82.2 Å². The Balaban J connectivity index is 0.00000380. The van der Waals surface area contributed by atoms with Gasteiger partial charge in [-0.05, 0) is 41.8 Å². The monoisotopic (exact) mass is 583 g/mol. The number of hydrogen-bond donors (Lipinski definition) is 3. The predicted molar refractivity (Wildman–Crippen MR) is 147 cm³/mol. The van der Waals surface area contributed by atoms with Crippen molar-refractivity contribution in [3.63, 3.8) is 0 Å². The molecule has 2 amide bonds. The second-order valence-electron chi connectivity index (χ2n) is 8.66. The van der Waals surface area contributed by atoms with Crippen LogP contribution in [0.1, 0.15) is 29.3 Å². The van der Waals surface area contributed by atoms with E-state index in [9.17, 15) is 23.2 Å². The van der Waals surface area contributed by atoms with Crippen LogP contribution in [0.15, 0.2) is 66.7 Å². The molecular weight excluding hydrogens is 557 g/mol. The van der Waals surface area contributed by atoms with Gasteiger partial charge >= 0.3 is 0 Å². The minimum Gasteiger partial charge on any atom is -0.340 e. The van der Waals surface area contributed by atoms with Crippen LogP contribution in [0, 0.1) is 0 Å². The highest BCUT2D eigenvalue weighted by molar-refractivity contribution is 7.92. The van der Waals surface area contributed by atoms with E-state index >= 15 is 0 Å². The van der Waals surface area contributed by atoms with E-state index in [4.69, 9.17) is 17.3 Å². The standard InChI is InChI=1S/C25H26ClN3O5S2.ClH/c26-19-8-6-17(7-9-19)20-10-11-21(35-20)25(16-22(30)28-32)12-13-29(14-15-36(25,33)34)24(31)23(27)18-4-2-1-3-5-18;/h1-11,23,32H,12-16,27H2,(H,28,30);1H/t23-,25?;/m1./s1. The van der Waals surface area contributed by atoms with Gasteiger partial charge in [-0.2, -0.15) is 0 Å². The predicted octanol–water partition coefficient (Wildman–Crippen LogP) is 3.93. The minimum atomic E-state index is -3.93. The van der Waals surface area contributed by atoms with Crippen molar-refractivity contribution in [1.29, 1.82) is 0 Å². The molecule has 1 saturated heterocycles. The number of sulfone groups is 1. The molecule has 0 bridgehead atoms. The normalized spacial score (nSPS) is 19.8. The molecule has 0 aliphatic carbocycles. The fraction of sp³-hybridized carbons (Fsp3) is 0.280. The fourth-order valence-electron chi connectivity index (χ4n) is 4.44. The summed E-state index contributed by atoms with van der Waals surface area (Å²) in [6.45, 7) is 0.0467. The highest BCUT2D eigenvalue weighted by Crippen LogP contribution is 2.45. The molecule has 1 aliphatic heterocycles. The van der Waals surface area contributed by atoms with Crippen molar-refractivity contribution in [2.75, 3.05) is 18.8 Å². The molecule has 4 rings (SSSR count). The Morgan fingerprint density at radius 3 is 2.41 bits per heavy atom. The van der Waals surface area contributed by atoms with Crippen molar-refractivity contribution in [3.8, 4) is 10.4 Å². The Morgan fingerprint density at radius 2 is 1.76 bits per heavy atom. The average Bonchev–Trinajstić information content (AvgIpc) is 3.33. The minimum absolute atomic E-state index is 0. The first-order valence-corrected chi connectivity index (χ1v) is 14.1. The van der Waals surface area contributed by atoms with Crippen LogP contribution < -0.4 is 11.2 Å². The number of nitrogens with two attached hydrogens (primary N) is 1. The maximum absolute atomic E-state index is 13.7. The molecule has 1 aromatic heterocycles. The van der Waals surface area contributed by atoms with Crippen molar-refractivity contribution in [2.24, 2.45) is 5.73 Å². The Bertz CT molecular complexity index is 1350. The molecule has 8 nitrogen and oxygen atoms in total. The van der Waals surface area contributed by atoms with Crippen LogP contribution in [0.3, 0.4) is 0 Å². The molecule has 4 N–H and O–H groups in total. The van der Waals surface area contributed by atoms with Gasteiger partial charge in [0.2, 0.25) is 11.8 Å². The van der Waals surface area contributed by atoms with Crippen LogP contribution >= 0.6 is 35.3 Å². The van der Waals surface area contributed by atoms with Crippen molar-refractivity contribution in [2.45, 2.75) is 23.6 Å². The van der Waals surface area contributed by atoms with Gasteiger partial charge in [0.05, 0.1) is 12.2 Å². The third kappa shape index (κ3) is 6.00. The summed E-state index contributed by atoms with van der Waals surface area (Å²) in [4.78, 5) is 28.3. The van der Waals surface area contributed by atoms with Gasteiger partial charge in [-0.25, -0.2) is 13.9 Å². The highest BCUT2D eigenvalue weighted by Gasteiger charge is 2.50. The summed E-state index contributed by atoms with van der Waals surface area (Å²) in [5.74, 6) is -1.54. The van der Waals surface area contributed by atoms with Gasteiger partial charge in [-0.1, -0.05) is 54.1 Å². The maximum Gasteiger partial charge on any atom is 0.245 e. The molecule has 198 valence electrons. The highest BCUT2D eigenvalue weighted by atomic mass is 35.5. The van der Waals surface area contributed by atoms with Gasteiger partial charge in [-0.3, -0.25) is 14.8 Å². The Hall–Kier alpha value is -2.47. The van der Waals surface area contributed by atoms with Crippen molar-refractivity contribution < 1.29 is 23.2 Å². The second kappa shape index (κ2) is 11.9. The fourth-order valence-corrected chi connectivity index (χ4v) is 8.18. The van der Waals surface area contributed by atoms with E-state index in [0.29, 0.717) is 15.5 Å². The molecule has 0 radical (unpaired) electrons. The zero-order chi connectivity index (χ0) is 25.9. The quantitative estimate of drug-likeness (QED) is 0.298.